The summed E-state index contributed by atoms with van der Waals surface area (Å²) in [5, 5.41) is 9.35. The van der Waals surface area contributed by atoms with Gasteiger partial charge >= 0.3 is 0 Å². The SMILES string of the molecule is CC1(C)c2ccccc2-c2cc3c4ccccc4n(-c4nc(-c5ccccc5)nc(-c5cc6oc7cccc8c9ccccc9c(c5)c6c78)n4)c3cc21. The van der Waals surface area contributed by atoms with Gasteiger partial charge < -0.3 is 4.42 Å². The largest absolute Gasteiger partial charge is 0.456 e. The second-order valence-electron chi connectivity index (χ2n) is 14.8. The van der Waals surface area contributed by atoms with E-state index in [0.717, 1.165) is 54.9 Å². The van der Waals surface area contributed by atoms with E-state index in [1.807, 2.05) is 18.2 Å². The summed E-state index contributed by atoms with van der Waals surface area (Å²) < 4.78 is 8.82. The van der Waals surface area contributed by atoms with Gasteiger partial charge in [0.25, 0.3) is 0 Å². The van der Waals surface area contributed by atoms with Crippen molar-refractivity contribution in [3.05, 3.63) is 157 Å². The molecule has 0 N–H and O–H groups in total. The first kappa shape index (κ1) is 28.8. The zero-order valence-corrected chi connectivity index (χ0v) is 29.1. The Morgan fingerprint density at radius 1 is 0.453 bits per heavy atom. The number of furan rings is 1. The lowest BCUT2D eigenvalue weighted by atomic mass is 9.82. The summed E-state index contributed by atoms with van der Waals surface area (Å²) in [7, 11) is 0. The molecule has 0 fully saturated rings. The van der Waals surface area contributed by atoms with Gasteiger partial charge in [0.1, 0.15) is 11.2 Å². The highest BCUT2D eigenvalue weighted by Crippen LogP contribution is 2.51. The van der Waals surface area contributed by atoms with Crippen molar-refractivity contribution < 1.29 is 4.42 Å². The van der Waals surface area contributed by atoms with Crippen molar-refractivity contribution in [1.82, 2.24) is 19.5 Å². The molecule has 0 radical (unpaired) electrons. The highest BCUT2D eigenvalue weighted by atomic mass is 16.3. The number of hydrogen-bond acceptors (Lipinski definition) is 4. The standard InChI is InChI=1S/C48H30N4O/c1-48(2)37-20-10-8-17-31(37)34-25-35-32-18-9-11-21-39(32)52(40(35)26-38(34)48)47-50-45(27-13-4-3-5-14-27)49-46(51-47)28-23-36-30-16-7-6-15-29(30)33-19-12-22-41-43(33)44(36)42(24-28)53-41/h3-26H,1-2H3. The van der Waals surface area contributed by atoms with Crippen molar-refractivity contribution in [2.24, 2.45) is 0 Å². The maximum Gasteiger partial charge on any atom is 0.238 e. The van der Waals surface area contributed by atoms with E-state index in [2.05, 4.69) is 146 Å². The van der Waals surface area contributed by atoms with Gasteiger partial charge in [0.15, 0.2) is 11.6 Å². The van der Waals surface area contributed by atoms with Crippen LogP contribution in [0.25, 0.3) is 105 Å². The quantitative estimate of drug-likeness (QED) is 0.175. The van der Waals surface area contributed by atoms with Gasteiger partial charge in [-0.05, 0) is 80.2 Å². The van der Waals surface area contributed by atoms with Gasteiger partial charge in [0.2, 0.25) is 5.95 Å². The Morgan fingerprint density at radius 3 is 1.98 bits per heavy atom. The lowest BCUT2D eigenvalue weighted by Crippen LogP contribution is -2.15. The van der Waals surface area contributed by atoms with Crippen molar-refractivity contribution in [3.8, 4) is 39.9 Å². The smallest absolute Gasteiger partial charge is 0.238 e. The molecule has 5 nitrogen and oxygen atoms in total. The van der Waals surface area contributed by atoms with Gasteiger partial charge in [-0.1, -0.05) is 123 Å². The number of fused-ring (bicyclic) bond motifs is 9. The summed E-state index contributed by atoms with van der Waals surface area (Å²) in [5.41, 5.74) is 10.7. The number of nitrogens with zero attached hydrogens (tertiary/aromatic N) is 4. The highest BCUT2D eigenvalue weighted by molar-refractivity contribution is 6.33. The van der Waals surface area contributed by atoms with Crippen molar-refractivity contribution in [3.63, 3.8) is 0 Å². The lowest BCUT2D eigenvalue weighted by Gasteiger charge is -2.21. The van der Waals surface area contributed by atoms with Crippen molar-refractivity contribution in [2.45, 2.75) is 19.3 Å². The van der Waals surface area contributed by atoms with Crippen LogP contribution >= 0.6 is 0 Å². The molecular weight excluding hydrogens is 649 g/mol. The molecule has 0 spiro atoms. The molecule has 12 rings (SSSR count). The maximum atomic E-state index is 6.59. The van der Waals surface area contributed by atoms with Crippen molar-refractivity contribution in [2.75, 3.05) is 0 Å². The molecule has 8 aromatic carbocycles. The summed E-state index contributed by atoms with van der Waals surface area (Å²) in [6, 6.07) is 51.6. The van der Waals surface area contributed by atoms with Gasteiger partial charge in [0.05, 0.1) is 11.0 Å². The number of para-hydroxylation sites is 1. The predicted molar refractivity (Wildman–Crippen MR) is 216 cm³/mol. The molecule has 5 heteroatoms. The Kier molecular flexibility index (Phi) is 5.51. The van der Waals surface area contributed by atoms with Crippen LogP contribution in [0.3, 0.4) is 0 Å². The van der Waals surface area contributed by atoms with Gasteiger partial charge in [-0.3, -0.25) is 4.57 Å². The fourth-order valence-electron chi connectivity index (χ4n) is 9.15. The molecule has 53 heavy (non-hydrogen) atoms. The average molecular weight is 679 g/mol. The summed E-state index contributed by atoms with van der Waals surface area (Å²) in [5.74, 6) is 1.79. The van der Waals surface area contributed by atoms with E-state index in [9.17, 15) is 0 Å². The number of hydrogen-bond donors (Lipinski definition) is 0. The third-order valence-corrected chi connectivity index (χ3v) is 11.6. The van der Waals surface area contributed by atoms with E-state index >= 15 is 0 Å². The second-order valence-corrected chi connectivity index (χ2v) is 14.8. The van der Waals surface area contributed by atoms with E-state index < -0.39 is 0 Å². The fraction of sp³-hybridized carbons (Fsp3) is 0.0625. The van der Waals surface area contributed by atoms with Gasteiger partial charge in [-0.2, -0.15) is 9.97 Å². The van der Waals surface area contributed by atoms with E-state index in [1.54, 1.807) is 0 Å². The Balaban J connectivity index is 1.17. The van der Waals surface area contributed by atoms with Gasteiger partial charge in [-0.25, -0.2) is 4.98 Å². The second kappa shape index (κ2) is 10.1. The monoisotopic (exact) mass is 678 g/mol. The van der Waals surface area contributed by atoms with Crippen LogP contribution in [0.1, 0.15) is 25.0 Å². The molecule has 0 saturated heterocycles. The molecule has 0 atom stereocenters. The topological polar surface area (TPSA) is 56.7 Å². The molecule has 11 aromatic rings. The van der Waals surface area contributed by atoms with Crippen LogP contribution in [0, 0.1) is 0 Å². The van der Waals surface area contributed by atoms with Crippen LogP contribution in [-0.4, -0.2) is 19.5 Å². The van der Waals surface area contributed by atoms with Gasteiger partial charge in [-0.15, -0.1) is 0 Å². The van der Waals surface area contributed by atoms with Crippen LogP contribution in [0.15, 0.2) is 150 Å². The fourth-order valence-corrected chi connectivity index (χ4v) is 9.15. The van der Waals surface area contributed by atoms with Crippen LogP contribution in [0.5, 0.6) is 0 Å². The molecule has 1 aliphatic carbocycles. The minimum Gasteiger partial charge on any atom is -0.456 e. The number of rotatable bonds is 3. The van der Waals surface area contributed by atoms with Gasteiger partial charge in [0, 0.05) is 38.1 Å². The molecule has 0 unspecified atom stereocenters. The first-order valence-electron chi connectivity index (χ1n) is 18.1. The Bertz CT molecular complexity index is 3320. The molecule has 3 aromatic heterocycles. The third-order valence-electron chi connectivity index (χ3n) is 11.6. The maximum absolute atomic E-state index is 6.59. The molecule has 0 saturated carbocycles. The summed E-state index contributed by atoms with van der Waals surface area (Å²) >= 11 is 0. The lowest BCUT2D eigenvalue weighted by molar-refractivity contribution is 0.661. The number of benzene rings is 8. The molecule has 0 aliphatic heterocycles. The van der Waals surface area contributed by atoms with E-state index in [4.69, 9.17) is 19.4 Å². The molecule has 0 amide bonds. The highest BCUT2D eigenvalue weighted by Gasteiger charge is 2.36. The predicted octanol–water partition coefficient (Wildman–Crippen LogP) is 12.3. The summed E-state index contributed by atoms with van der Waals surface area (Å²) in [6.45, 7) is 4.65. The average Bonchev–Trinajstić information content (AvgIpc) is 3.82. The Labute approximate surface area is 304 Å². The third kappa shape index (κ3) is 3.83. The minimum atomic E-state index is -0.152. The zero-order valence-electron chi connectivity index (χ0n) is 29.1. The first-order valence-corrected chi connectivity index (χ1v) is 18.1. The van der Waals surface area contributed by atoms with Crippen LogP contribution in [0.2, 0.25) is 0 Å². The Hall–Kier alpha value is -6.85. The molecular formula is C48H30N4O. The van der Waals surface area contributed by atoms with Crippen LogP contribution in [0.4, 0.5) is 0 Å². The summed E-state index contributed by atoms with van der Waals surface area (Å²) in [4.78, 5) is 15.8. The van der Waals surface area contributed by atoms with Crippen molar-refractivity contribution in [1.29, 1.82) is 0 Å². The molecule has 248 valence electrons. The van der Waals surface area contributed by atoms with Crippen LogP contribution in [-0.2, 0) is 5.41 Å². The molecule has 0 bridgehead atoms. The Morgan fingerprint density at radius 2 is 1.13 bits per heavy atom. The normalized spacial score (nSPS) is 13.6. The molecule has 1 aliphatic rings. The molecule has 3 heterocycles. The zero-order chi connectivity index (χ0) is 35.0. The van der Waals surface area contributed by atoms with Crippen LogP contribution < -0.4 is 0 Å². The summed E-state index contributed by atoms with van der Waals surface area (Å²) in [6.07, 6.45) is 0. The minimum absolute atomic E-state index is 0.152. The van der Waals surface area contributed by atoms with E-state index in [1.165, 1.54) is 43.8 Å². The van der Waals surface area contributed by atoms with Crippen molar-refractivity contribution >= 4 is 65.3 Å². The first-order chi connectivity index (χ1) is 26.0. The van der Waals surface area contributed by atoms with E-state index in [0.29, 0.717) is 17.6 Å². The van der Waals surface area contributed by atoms with E-state index in [-0.39, 0.29) is 5.41 Å². The number of aromatic nitrogens is 4.